The van der Waals surface area contributed by atoms with E-state index in [1.807, 2.05) is 0 Å². The predicted octanol–water partition coefficient (Wildman–Crippen LogP) is 2.38. The van der Waals surface area contributed by atoms with Crippen LogP contribution in [0.5, 0.6) is 0 Å². The third-order valence-corrected chi connectivity index (χ3v) is 2.39. The molecule has 0 aliphatic carbocycles. The van der Waals surface area contributed by atoms with E-state index in [1.54, 1.807) is 4.94 Å². The summed E-state index contributed by atoms with van der Waals surface area (Å²) in [4.78, 5) is 1.54. The number of methoxy groups -OCH3 is 1. The standard InChI is InChI=1S/C10H13F9O5/c1-21-8(13,14)5-23-3-6(20)2-22-4-7(11,12)9(15,16)10(17,18)24-19/h6,20H,2-5H2,1H3. The number of halogens is 9. The van der Waals surface area contributed by atoms with Crippen LogP contribution in [0.2, 0.25) is 0 Å². The second-order valence-electron chi connectivity index (χ2n) is 4.40. The van der Waals surface area contributed by atoms with Gasteiger partial charge in [0.25, 0.3) is 0 Å². The molecule has 0 amide bonds. The van der Waals surface area contributed by atoms with Gasteiger partial charge >= 0.3 is 24.1 Å². The molecule has 5 nitrogen and oxygen atoms in total. The minimum atomic E-state index is -6.25. The molecule has 14 heteroatoms. The molecule has 0 bridgehead atoms. The third-order valence-electron chi connectivity index (χ3n) is 2.39. The molecular weight excluding hydrogens is 371 g/mol. The molecule has 0 fully saturated rings. The van der Waals surface area contributed by atoms with Crippen molar-refractivity contribution in [3.8, 4) is 0 Å². The van der Waals surface area contributed by atoms with E-state index in [2.05, 4.69) is 14.2 Å². The minimum Gasteiger partial charge on any atom is -0.388 e. The summed E-state index contributed by atoms with van der Waals surface area (Å²) >= 11 is 0. The van der Waals surface area contributed by atoms with Crippen molar-refractivity contribution in [3.63, 3.8) is 0 Å². The van der Waals surface area contributed by atoms with Gasteiger partial charge in [-0.25, -0.2) is 0 Å². The summed E-state index contributed by atoms with van der Waals surface area (Å²) in [6.45, 7) is -5.68. The van der Waals surface area contributed by atoms with E-state index in [9.17, 15) is 39.6 Å². The molecule has 0 saturated carbocycles. The number of hydrogen-bond donors (Lipinski definition) is 1. The van der Waals surface area contributed by atoms with Crippen molar-refractivity contribution in [1.82, 2.24) is 0 Å². The zero-order chi connectivity index (χ0) is 19.2. The van der Waals surface area contributed by atoms with E-state index in [0.717, 1.165) is 0 Å². The first kappa shape index (κ1) is 23.2. The van der Waals surface area contributed by atoms with Gasteiger partial charge in [0, 0.05) is 7.11 Å². The second kappa shape index (κ2) is 8.51. The smallest absolute Gasteiger partial charge is 0.388 e. The summed E-state index contributed by atoms with van der Waals surface area (Å²) in [6, 6.07) is 0. The summed E-state index contributed by atoms with van der Waals surface area (Å²) in [5.41, 5.74) is 0. The van der Waals surface area contributed by atoms with Crippen LogP contribution < -0.4 is 0 Å². The van der Waals surface area contributed by atoms with Crippen molar-refractivity contribution >= 4 is 0 Å². The molecule has 0 saturated heterocycles. The fourth-order valence-corrected chi connectivity index (χ4v) is 1.10. The molecule has 0 aromatic rings. The van der Waals surface area contributed by atoms with Crippen LogP contribution in [0, 0.1) is 0 Å². The Morgan fingerprint density at radius 2 is 1.33 bits per heavy atom. The maximum Gasteiger partial charge on any atom is 0.455 e. The van der Waals surface area contributed by atoms with Gasteiger partial charge in [0.2, 0.25) is 0 Å². The van der Waals surface area contributed by atoms with Crippen molar-refractivity contribution in [2.24, 2.45) is 0 Å². The van der Waals surface area contributed by atoms with Gasteiger partial charge in [-0.1, -0.05) is 0 Å². The Kier molecular flexibility index (Phi) is 8.22. The van der Waals surface area contributed by atoms with Gasteiger partial charge in [0.05, 0.1) is 13.2 Å². The van der Waals surface area contributed by atoms with Crippen LogP contribution in [-0.4, -0.2) is 68.8 Å². The van der Waals surface area contributed by atoms with Crippen LogP contribution >= 0.6 is 0 Å². The maximum absolute atomic E-state index is 13.0. The average Bonchev–Trinajstić information content (AvgIpc) is 2.46. The lowest BCUT2D eigenvalue weighted by Gasteiger charge is -2.29. The molecule has 0 aromatic heterocycles. The molecule has 1 atom stereocenters. The molecule has 0 radical (unpaired) electrons. The molecule has 146 valence electrons. The highest BCUT2D eigenvalue weighted by molar-refractivity contribution is 4.91. The largest absolute Gasteiger partial charge is 0.455 e. The van der Waals surface area contributed by atoms with Crippen LogP contribution in [-0.2, 0) is 19.2 Å². The monoisotopic (exact) mass is 384 g/mol. The molecule has 0 aliphatic rings. The van der Waals surface area contributed by atoms with Crippen LogP contribution in [0.1, 0.15) is 0 Å². The summed E-state index contributed by atoms with van der Waals surface area (Å²) in [7, 11) is 0.655. The van der Waals surface area contributed by atoms with E-state index in [4.69, 9.17) is 5.11 Å². The Morgan fingerprint density at radius 3 is 1.75 bits per heavy atom. The summed E-state index contributed by atoms with van der Waals surface area (Å²) in [5, 5.41) is 9.12. The van der Waals surface area contributed by atoms with Gasteiger partial charge < -0.3 is 19.3 Å². The molecule has 24 heavy (non-hydrogen) atoms. The second-order valence-corrected chi connectivity index (χ2v) is 4.40. The molecule has 0 aliphatic heterocycles. The van der Waals surface area contributed by atoms with E-state index in [1.165, 1.54) is 0 Å². The number of hydrogen-bond acceptors (Lipinski definition) is 5. The molecule has 0 rings (SSSR count). The summed E-state index contributed by atoms with van der Waals surface area (Å²) in [5.74, 6) is -11.8. The fourth-order valence-electron chi connectivity index (χ4n) is 1.10. The third kappa shape index (κ3) is 6.23. The molecule has 0 aromatic carbocycles. The number of aliphatic hydroxyl groups excluding tert-OH is 1. The molecule has 0 heterocycles. The summed E-state index contributed by atoms with van der Waals surface area (Å²) in [6.07, 6.45) is -11.6. The van der Waals surface area contributed by atoms with E-state index in [0.29, 0.717) is 7.11 Å². The lowest BCUT2D eigenvalue weighted by molar-refractivity contribution is -0.457. The number of aliphatic hydroxyl groups is 1. The van der Waals surface area contributed by atoms with Gasteiger partial charge in [-0.05, 0) is 4.53 Å². The molecule has 1 N–H and O–H groups in total. The first-order valence-corrected chi connectivity index (χ1v) is 5.92. The summed E-state index contributed by atoms with van der Waals surface area (Å²) < 4.78 is 124. The first-order chi connectivity index (χ1) is 10.7. The van der Waals surface area contributed by atoms with E-state index in [-0.39, 0.29) is 0 Å². The van der Waals surface area contributed by atoms with Gasteiger partial charge in [0.1, 0.15) is 19.3 Å². The van der Waals surface area contributed by atoms with E-state index >= 15 is 0 Å². The van der Waals surface area contributed by atoms with Crippen LogP contribution in [0.3, 0.4) is 0 Å². The van der Waals surface area contributed by atoms with Gasteiger partial charge in [0.15, 0.2) is 0 Å². The van der Waals surface area contributed by atoms with Crippen molar-refractivity contribution in [2.75, 3.05) is 33.5 Å². The quantitative estimate of drug-likeness (QED) is 0.524. The SMILES string of the molecule is COC(F)(F)COCC(O)COCC(F)(F)C(F)(F)C(F)(F)OF. The number of alkyl halides is 8. The normalized spacial score (nSPS) is 15.6. The Hall–Kier alpha value is -0.830. The minimum absolute atomic E-state index is 0.655. The molecule has 0 spiro atoms. The maximum atomic E-state index is 13.0. The Bertz CT molecular complexity index is 380. The van der Waals surface area contributed by atoms with Crippen LogP contribution in [0.15, 0.2) is 0 Å². The van der Waals surface area contributed by atoms with Crippen molar-refractivity contribution in [1.29, 1.82) is 0 Å². The fraction of sp³-hybridized carbons (Fsp3) is 1.00. The van der Waals surface area contributed by atoms with Crippen molar-refractivity contribution in [3.05, 3.63) is 0 Å². The van der Waals surface area contributed by atoms with Gasteiger partial charge in [-0.3, -0.25) is 0 Å². The molecule has 1 unspecified atom stereocenters. The number of rotatable bonds is 12. The number of ether oxygens (including phenoxy) is 3. The van der Waals surface area contributed by atoms with Crippen molar-refractivity contribution in [2.45, 2.75) is 30.2 Å². The predicted molar refractivity (Wildman–Crippen MR) is 56.6 cm³/mol. The van der Waals surface area contributed by atoms with E-state index < -0.39 is 56.6 Å². The lowest BCUT2D eigenvalue weighted by atomic mass is 10.1. The topological polar surface area (TPSA) is 57.2 Å². The highest BCUT2D eigenvalue weighted by Gasteiger charge is 2.74. The van der Waals surface area contributed by atoms with Crippen LogP contribution in [0.4, 0.5) is 39.6 Å². The van der Waals surface area contributed by atoms with Crippen LogP contribution in [0.25, 0.3) is 0 Å². The Balaban J connectivity index is 4.34. The zero-order valence-corrected chi connectivity index (χ0v) is 11.9. The van der Waals surface area contributed by atoms with Gasteiger partial charge in [-0.15, -0.1) is 4.94 Å². The highest BCUT2D eigenvalue weighted by Crippen LogP contribution is 2.46. The lowest BCUT2D eigenvalue weighted by Crippen LogP contribution is -2.56. The Morgan fingerprint density at radius 1 is 0.875 bits per heavy atom. The van der Waals surface area contributed by atoms with Crippen molar-refractivity contribution < 1.29 is 63.9 Å². The average molecular weight is 384 g/mol. The first-order valence-electron chi connectivity index (χ1n) is 5.92. The van der Waals surface area contributed by atoms with Gasteiger partial charge in [-0.2, -0.15) is 35.1 Å². The Labute approximate surface area is 129 Å². The highest BCUT2D eigenvalue weighted by atomic mass is 19.4. The zero-order valence-electron chi connectivity index (χ0n) is 11.9. The molecular formula is C10H13F9O5.